The maximum Gasteiger partial charge on any atom is 0.271 e. The highest BCUT2D eigenvalue weighted by Crippen LogP contribution is 2.26. The maximum atomic E-state index is 11.4. The van der Waals surface area contributed by atoms with Gasteiger partial charge in [-0.2, -0.15) is 0 Å². The summed E-state index contributed by atoms with van der Waals surface area (Å²) in [4.78, 5) is 17.9. The molecule has 0 bridgehead atoms. The van der Waals surface area contributed by atoms with Gasteiger partial charge in [0, 0.05) is 5.69 Å². The Bertz CT molecular complexity index is 622. The van der Waals surface area contributed by atoms with E-state index in [1.54, 1.807) is 0 Å². The van der Waals surface area contributed by atoms with Crippen LogP contribution in [0.3, 0.4) is 0 Å². The van der Waals surface area contributed by atoms with Crippen molar-refractivity contribution >= 4 is 23.1 Å². The van der Waals surface area contributed by atoms with Crippen molar-refractivity contribution in [1.29, 1.82) is 0 Å². The molecule has 0 saturated heterocycles. The SMILES string of the molecule is CCc1cccc(C)c1Nc1nc[nH]c(=O)c1Cl. The van der Waals surface area contributed by atoms with Crippen LogP contribution in [0.4, 0.5) is 11.5 Å². The van der Waals surface area contributed by atoms with E-state index in [0.717, 1.165) is 23.2 Å². The van der Waals surface area contributed by atoms with Gasteiger partial charge in [-0.3, -0.25) is 4.79 Å². The number of hydrogen-bond acceptors (Lipinski definition) is 3. The summed E-state index contributed by atoms with van der Waals surface area (Å²) in [6, 6.07) is 6.05. The molecular weight excluding hydrogens is 250 g/mol. The molecule has 2 rings (SSSR count). The molecule has 2 aromatic rings. The number of aromatic nitrogens is 2. The zero-order valence-electron chi connectivity index (χ0n) is 10.2. The lowest BCUT2D eigenvalue weighted by atomic mass is 10.1. The summed E-state index contributed by atoms with van der Waals surface area (Å²) in [6.07, 6.45) is 2.23. The standard InChI is InChI=1S/C13H14ClN3O/c1-3-9-6-4-5-8(2)11(9)17-12-10(14)13(18)16-7-15-12/h4-7H,3H2,1-2H3,(H2,15,16,17,18). The molecule has 0 atom stereocenters. The predicted octanol–water partition coefficient (Wildman–Crippen LogP) is 3.04. The molecule has 0 aliphatic carbocycles. The molecule has 0 aliphatic heterocycles. The fraction of sp³-hybridized carbons (Fsp3) is 0.231. The Hall–Kier alpha value is -1.81. The normalized spacial score (nSPS) is 10.4. The smallest absolute Gasteiger partial charge is 0.271 e. The molecule has 0 amide bonds. The second-order valence-corrected chi connectivity index (χ2v) is 4.36. The van der Waals surface area contributed by atoms with E-state index < -0.39 is 0 Å². The van der Waals surface area contributed by atoms with Crippen LogP contribution >= 0.6 is 11.6 Å². The Kier molecular flexibility index (Phi) is 3.67. The summed E-state index contributed by atoms with van der Waals surface area (Å²) < 4.78 is 0. The molecule has 0 fully saturated rings. The maximum absolute atomic E-state index is 11.4. The Balaban J connectivity index is 2.46. The number of H-pyrrole nitrogens is 1. The number of nitrogens with zero attached hydrogens (tertiary/aromatic N) is 1. The summed E-state index contributed by atoms with van der Waals surface area (Å²) in [7, 11) is 0. The fourth-order valence-electron chi connectivity index (χ4n) is 1.79. The molecular formula is C13H14ClN3O. The first-order chi connectivity index (χ1) is 8.63. The molecule has 0 unspecified atom stereocenters. The van der Waals surface area contributed by atoms with E-state index in [1.807, 2.05) is 25.1 Å². The van der Waals surface area contributed by atoms with Crippen molar-refractivity contribution in [2.24, 2.45) is 0 Å². The molecule has 0 radical (unpaired) electrons. The highest BCUT2D eigenvalue weighted by molar-refractivity contribution is 6.32. The fourth-order valence-corrected chi connectivity index (χ4v) is 1.94. The number of aryl methyl sites for hydroxylation is 2. The van der Waals surface area contributed by atoms with Crippen LogP contribution in [0.2, 0.25) is 5.02 Å². The van der Waals surface area contributed by atoms with Gasteiger partial charge in [0.1, 0.15) is 5.02 Å². The number of rotatable bonds is 3. The Morgan fingerprint density at radius 3 is 2.94 bits per heavy atom. The van der Waals surface area contributed by atoms with Crippen molar-refractivity contribution in [2.45, 2.75) is 20.3 Å². The van der Waals surface area contributed by atoms with Crippen LogP contribution < -0.4 is 10.9 Å². The molecule has 1 aromatic heterocycles. The average Bonchev–Trinajstić information content (AvgIpc) is 2.37. The lowest BCUT2D eigenvalue weighted by molar-refractivity contribution is 1.10. The molecule has 18 heavy (non-hydrogen) atoms. The highest BCUT2D eigenvalue weighted by atomic mass is 35.5. The van der Waals surface area contributed by atoms with Gasteiger partial charge < -0.3 is 10.3 Å². The minimum atomic E-state index is -0.346. The van der Waals surface area contributed by atoms with Crippen molar-refractivity contribution in [1.82, 2.24) is 9.97 Å². The molecule has 0 saturated carbocycles. The number of aromatic amines is 1. The monoisotopic (exact) mass is 263 g/mol. The van der Waals surface area contributed by atoms with Gasteiger partial charge >= 0.3 is 0 Å². The third kappa shape index (κ3) is 2.38. The lowest BCUT2D eigenvalue weighted by Gasteiger charge is -2.13. The van der Waals surface area contributed by atoms with Crippen LogP contribution in [-0.4, -0.2) is 9.97 Å². The summed E-state index contributed by atoms with van der Waals surface area (Å²) >= 11 is 5.92. The van der Waals surface area contributed by atoms with E-state index in [0.29, 0.717) is 5.82 Å². The van der Waals surface area contributed by atoms with Crippen molar-refractivity contribution < 1.29 is 0 Å². The largest absolute Gasteiger partial charge is 0.338 e. The summed E-state index contributed by atoms with van der Waals surface area (Å²) in [5.74, 6) is 0.379. The first-order valence-electron chi connectivity index (χ1n) is 5.72. The first kappa shape index (κ1) is 12.6. The number of anilines is 2. The summed E-state index contributed by atoms with van der Waals surface area (Å²) in [5.41, 5.74) is 2.86. The van der Waals surface area contributed by atoms with Crippen molar-refractivity contribution in [3.8, 4) is 0 Å². The molecule has 1 heterocycles. The third-order valence-electron chi connectivity index (χ3n) is 2.78. The first-order valence-corrected chi connectivity index (χ1v) is 6.10. The van der Waals surface area contributed by atoms with Gasteiger partial charge in [0.2, 0.25) is 0 Å². The van der Waals surface area contributed by atoms with Crippen LogP contribution in [0, 0.1) is 6.92 Å². The van der Waals surface area contributed by atoms with Gasteiger partial charge in [0.15, 0.2) is 5.82 Å². The van der Waals surface area contributed by atoms with Crippen LogP contribution in [0.1, 0.15) is 18.1 Å². The molecule has 4 nitrogen and oxygen atoms in total. The molecule has 94 valence electrons. The lowest BCUT2D eigenvalue weighted by Crippen LogP contribution is -2.10. The van der Waals surface area contributed by atoms with Gasteiger partial charge in [0.05, 0.1) is 6.33 Å². The van der Waals surface area contributed by atoms with E-state index in [4.69, 9.17) is 11.6 Å². The Morgan fingerprint density at radius 1 is 1.44 bits per heavy atom. The Labute approximate surface area is 110 Å². The number of hydrogen-bond donors (Lipinski definition) is 2. The quantitative estimate of drug-likeness (QED) is 0.895. The Morgan fingerprint density at radius 2 is 2.22 bits per heavy atom. The minimum absolute atomic E-state index is 0.0720. The average molecular weight is 264 g/mol. The van der Waals surface area contributed by atoms with Gasteiger partial charge in [-0.1, -0.05) is 36.7 Å². The van der Waals surface area contributed by atoms with Crippen LogP contribution in [0.25, 0.3) is 0 Å². The molecule has 1 aromatic carbocycles. The third-order valence-corrected chi connectivity index (χ3v) is 3.13. The topological polar surface area (TPSA) is 57.8 Å². The van der Waals surface area contributed by atoms with Crippen molar-refractivity contribution in [3.05, 3.63) is 51.0 Å². The van der Waals surface area contributed by atoms with E-state index >= 15 is 0 Å². The minimum Gasteiger partial charge on any atom is -0.338 e. The van der Waals surface area contributed by atoms with Crippen LogP contribution in [0.15, 0.2) is 29.3 Å². The van der Waals surface area contributed by atoms with Gasteiger partial charge in [-0.15, -0.1) is 0 Å². The van der Waals surface area contributed by atoms with Crippen LogP contribution in [0.5, 0.6) is 0 Å². The second-order valence-electron chi connectivity index (χ2n) is 3.98. The van der Waals surface area contributed by atoms with E-state index in [2.05, 4.69) is 22.2 Å². The zero-order valence-corrected chi connectivity index (χ0v) is 11.0. The predicted molar refractivity (Wildman–Crippen MR) is 73.7 cm³/mol. The number of benzene rings is 1. The summed E-state index contributed by atoms with van der Waals surface area (Å²) in [5, 5.41) is 3.21. The highest BCUT2D eigenvalue weighted by Gasteiger charge is 2.09. The van der Waals surface area contributed by atoms with E-state index in [1.165, 1.54) is 6.33 Å². The van der Waals surface area contributed by atoms with Crippen LogP contribution in [-0.2, 0) is 6.42 Å². The van der Waals surface area contributed by atoms with Gasteiger partial charge in [0.25, 0.3) is 5.56 Å². The number of nitrogens with one attached hydrogen (secondary N) is 2. The molecule has 2 N–H and O–H groups in total. The number of para-hydroxylation sites is 1. The number of halogens is 1. The molecule has 5 heteroatoms. The van der Waals surface area contributed by atoms with Crippen molar-refractivity contribution in [2.75, 3.05) is 5.32 Å². The molecule has 0 aliphatic rings. The second kappa shape index (κ2) is 5.23. The van der Waals surface area contributed by atoms with Gasteiger partial charge in [-0.25, -0.2) is 4.98 Å². The van der Waals surface area contributed by atoms with E-state index in [9.17, 15) is 4.79 Å². The zero-order chi connectivity index (χ0) is 13.1. The van der Waals surface area contributed by atoms with Crippen molar-refractivity contribution in [3.63, 3.8) is 0 Å². The van der Waals surface area contributed by atoms with Gasteiger partial charge in [-0.05, 0) is 24.5 Å². The summed E-state index contributed by atoms with van der Waals surface area (Å²) in [6.45, 7) is 4.08. The van der Waals surface area contributed by atoms with E-state index in [-0.39, 0.29) is 10.6 Å². The molecule has 0 spiro atoms.